The third-order valence-corrected chi connectivity index (χ3v) is 3.33. The van der Waals surface area contributed by atoms with E-state index in [4.69, 9.17) is 0 Å². The quantitative estimate of drug-likeness (QED) is 0.789. The minimum atomic E-state index is 0.695. The van der Waals surface area contributed by atoms with Crippen LogP contribution in [0, 0.1) is 0 Å². The molecule has 3 aromatic rings. The Labute approximate surface area is 117 Å². The number of nitrogens with one attached hydrogen (secondary N) is 1. The predicted octanol–water partition coefficient (Wildman–Crippen LogP) is 2.48. The lowest BCUT2D eigenvalue weighted by molar-refractivity contribution is 0.733. The summed E-state index contributed by atoms with van der Waals surface area (Å²) in [4.78, 5) is 13.4. The molecule has 0 unspecified atom stereocenters. The third-order valence-electron chi connectivity index (χ3n) is 3.33. The third kappa shape index (κ3) is 2.22. The van der Waals surface area contributed by atoms with Gasteiger partial charge in [-0.15, -0.1) is 0 Å². The summed E-state index contributed by atoms with van der Waals surface area (Å²) in [6, 6.07) is 8.19. The summed E-state index contributed by atoms with van der Waals surface area (Å²) in [5.41, 5.74) is 3.11. The first-order valence-corrected chi connectivity index (χ1v) is 6.74. The molecule has 0 amide bonds. The van der Waals surface area contributed by atoms with E-state index in [1.165, 1.54) is 0 Å². The predicted molar refractivity (Wildman–Crippen MR) is 79.8 cm³/mol. The van der Waals surface area contributed by atoms with Gasteiger partial charge in [0.25, 0.3) is 0 Å². The number of anilines is 1. The molecule has 5 nitrogen and oxygen atoms in total. The van der Waals surface area contributed by atoms with Crippen LogP contribution in [-0.4, -0.2) is 26.6 Å². The highest BCUT2D eigenvalue weighted by atomic mass is 15.1. The molecule has 3 rings (SSSR count). The number of para-hydroxylation sites is 2. The fraction of sp³-hybridized carbons (Fsp3) is 0.267. The largest absolute Gasteiger partial charge is 0.372 e. The van der Waals surface area contributed by atoms with Crippen molar-refractivity contribution in [3.05, 3.63) is 48.2 Å². The van der Waals surface area contributed by atoms with Crippen molar-refractivity contribution in [3.8, 4) is 0 Å². The van der Waals surface area contributed by atoms with E-state index < -0.39 is 0 Å². The second-order valence-corrected chi connectivity index (χ2v) is 4.60. The van der Waals surface area contributed by atoms with Crippen molar-refractivity contribution in [2.45, 2.75) is 19.9 Å². The normalized spacial score (nSPS) is 10.9. The molecule has 0 aliphatic carbocycles. The summed E-state index contributed by atoms with van der Waals surface area (Å²) in [6.07, 6.45) is 4.46. The van der Waals surface area contributed by atoms with E-state index in [9.17, 15) is 0 Å². The van der Waals surface area contributed by atoms with Crippen LogP contribution in [0.5, 0.6) is 0 Å². The molecule has 2 aromatic heterocycles. The highest BCUT2D eigenvalue weighted by Crippen LogP contribution is 2.17. The van der Waals surface area contributed by atoms with Crippen molar-refractivity contribution in [3.63, 3.8) is 0 Å². The first-order valence-electron chi connectivity index (χ1n) is 6.74. The number of hydrogen-bond acceptors (Lipinski definition) is 4. The molecule has 0 aliphatic rings. The van der Waals surface area contributed by atoms with Crippen LogP contribution in [0.3, 0.4) is 0 Å². The van der Waals surface area contributed by atoms with Gasteiger partial charge >= 0.3 is 0 Å². The van der Waals surface area contributed by atoms with Crippen LogP contribution in [0.1, 0.15) is 18.4 Å². The molecule has 5 heteroatoms. The Morgan fingerprint density at radius 2 is 2.00 bits per heavy atom. The van der Waals surface area contributed by atoms with E-state index in [-0.39, 0.29) is 0 Å². The zero-order chi connectivity index (χ0) is 13.9. The summed E-state index contributed by atoms with van der Waals surface area (Å²) in [7, 11) is 1.84. The lowest BCUT2D eigenvalue weighted by Gasteiger charge is -2.08. The molecule has 0 bridgehead atoms. The number of aromatic nitrogens is 4. The van der Waals surface area contributed by atoms with E-state index >= 15 is 0 Å². The maximum atomic E-state index is 4.66. The highest BCUT2D eigenvalue weighted by molar-refractivity contribution is 5.76. The Morgan fingerprint density at radius 1 is 1.15 bits per heavy atom. The second-order valence-electron chi connectivity index (χ2n) is 4.60. The smallest absolute Gasteiger partial charge is 0.144 e. The van der Waals surface area contributed by atoms with Gasteiger partial charge in [0.15, 0.2) is 0 Å². The van der Waals surface area contributed by atoms with E-state index in [0.29, 0.717) is 6.54 Å². The Balaban J connectivity index is 2.00. The molecule has 0 saturated carbocycles. The first kappa shape index (κ1) is 12.6. The molecular formula is C15H17N5. The monoisotopic (exact) mass is 267 g/mol. The van der Waals surface area contributed by atoms with Crippen molar-refractivity contribution in [1.82, 2.24) is 19.5 Å². The van der Waals surface area contributed by atoms with Gasteiger partial charge in [0.05, 0.1) is 35.7 Å². The van der Waals surface area contributed by atoms with Crippen LogP contribution >= 0.6 is 0 Å². The van der Waals surface area contributed by atoms with Crippen LogP contribution in [0.2, 0.25) is 0 Å². The van der Waals surface area contributed by atoms with Crippen LogP contribution in [0.25, 0.3) is 11.0 Å². The molecule has 2 heterocycles. The summed E-state index contributed by atoms with van der Waals surface area (Å²) in [5, 5.41) is 2.97. The maximum Gasteiger partial charge on any atom is 0.144 e. The Bertz CT molecular complexity index is 715. The summed E-state index contributed by atoms with van der Waals surface area (Å²) >= 11 is 0. The molecule has 0 atom stereocenters. The Kier molecular flexibility index (Phi) is 3.33. The van der Waals surface area contributed by atoms with E-state index in [1.54, 1.807) is 12.4 Å². The lowest BCUT2D eigenvalue weighted by Crippen LogP contribution is -2.06. The lowest BCUT2D eigenvalue weighted by atomic mass is 10.3. The number of fused-ring (bicyclic) bond motifs is 1. The van der Waals surface area contributed by atoms with Gasteiger partial charge in [-0.25, -0.2) is 9.97 Å². The number of nitrogens with zero attached hydrogens (tertiary/aromatic N) is 4. The van der Waals surface area contributed by atoms with E-state index in [2.05, 4.69) is 37.8 Å². The fourth-order valence-corrected chi connectivity index (χ4v) is 2.30. The molecule has 0 saturated heterocycles. The fourth-order valence-electron chi connectivity index (χ4n) is 2.30. The van der Waals surface area contributed by atoms with Crippen LogP contribution < -0.4 is 5.32 Å². The molecule has 102 valence electrons. The van der Waals surface area contributed by atoms with Gasteiger partial charge < -0.3 is 9.88 Å². The van der Waals surface area contributed by atoms with Gasteiger partial charge in [-0.05, 0) is 12.1 Å². The number of benzene rings is 1. The van der Waals surface area contributed by atoms with Crippen LogP contribution in [-0.2, 0) is 13.0 Å². The zero-order valence-electron chi connectivity index (χ0n) is 11.7. The zero-order valence-corrected chi connectivity index (χ0v) is 11.7. The standard InChI is InChI=1S/C15H17N5/c1-3-15-19-12-6-4-5-7-13(12)20(15)10-11-8-18-14(16-2)9-17-11/h4-9H,3,10H2,1-2H3,(H,16,18). The first-order chi connectivity index (χ1) is 9.81. The van der Waals surface area contributed by atoms with Crippen molar-refractivity contribution >= 4 is 16.9 Å². The molecular weight excluding hydrogens is 250 g/mol. The van der Waals surface area contributed by atoms with E-state index in [1.807, 2.05) is 25.2 Å². The number of hydrogen-bond donors (Lipinski definition) is 1. The van der Waals surface area contributed by atoms with Crippen LogP contribution in [0.4, 0.5) is 5.82 Å². The summed E-state index contributed by atoms with van der Waals surface area (Å²) in [6.45, 7) is 2.81. The molecule has 0 spiro atoms. The van der Waals surface area contributed by atoms with Crippen molar-refractivity contribution < 1.29 is 0 Å². The van der Waals surface area contributed by atoms with Gasteiger partial charge in [-0.1, -0.05) is 19.1 Å². The minimum Gasteiger partial charge on any atom is -0.372 e. The SMILES string of the molecule is CCc1nc2ccccc2n1Cc1cnc(NC)cn1. The maximum absolute atomic E-state index is 4.66. The van der Waals surface area contributed by atoms with E-state index in [0.717, 1.165) is 34.8 Å². The van der Waals surface area contributed by atoms with Crippen molar-refractivity contribution in [2.24, 2.45) is 0 Å². The molecule has 0 fully saturated rings. The summed E-state index contributed by atoms with van der Waals surface area (Å²) < 4.78 is 2.21. The van der Waals surface area contributed by atoms with Crippen molar-refractivity contribution in [1.29, 1.82) is 0 Å². The number of aryl methyl sites for hydroxylation is 1. The van der Waals surface area contributed by atoms with Gasteiger partial charge in [0.2, 0.25) is 0 Å². The average molecular weight is 267 g/mol. The minimum absolute atomic E-state index is 0.695. The molecule has 20 heavy (non-hydrogen) atoms. The Morgan fingerprint density at radius 3 is 2.70 bits per heavy atom. The van der Waals surface area contributed by atoms with Gasteiger partial charge in [0, 0.05) is 13.5 Å². The summed E-state index contributed by atoms with van der Waals surface area (Å²) in [5.74, 6) is 1.85. The highest BCUT2D eigenvalue weighted by Gasteiger charge is 2.09. The Hall–Kier alpha value is -2.43. The van der Waals surface area contributed by atoms with Gasteiger partial charge in [-0.3, -0.25) is 4.98 Å². The average Bonchev–Trinajstić information content (AvgIpc) is 2.86. The number of rotatable bonds is 4. The van der Waals surface area contributed by atoms with Crippen molar-refractivity contribution in [2.75, 3.05) is 12.4 Å². The van der Waals surface area contributed by atoms with Gasteiger partial charge in [-0.2, -0.15) is 0 Å². The van der Waals surface area contributed by atoms with Gasteiger partial charge in [0.1, 0.15) is 11.6 Å². The van der Waals surface area contributed by atoms with Crippen LogP contribution in [0.15, 0.2) is 36.7 Å². The molecule has 1 aromatic carbocycles. The molecule has 1 N–H and O–H groups in total. The second kappa shape index (κ2) is 5.28. The molecule has 0 radical (unpaired) electrons. The topological polar surface area (TPSA) is 55.6 Å². The number of imidazole rings is 1. The molecule has 0 aliphatic heterocycles.